The second-order valence-electron chi connectivity index (χ2n) is 3.86. The van der Waals surface area contributed by atoms with E-state index >= 15 is 0 Å². The second kappa shape index (κ2) is 6.67. The molecule has 0 N–H and O–H groups in total. The van der Waals surface area contributed by atoms with Crippen molar-refractivity contribution < 1.29 is 13.5 Å². The van der Waals surface area contributed by atoms with Crippen LogP contribution in [0.2, 0.25) is 0 Å². The number of benzene rings is 1. The van der Waals surface area contributed by atoms with Crippen LogP contribution >= 0.6 is 7.37 Å². The fourth-order valence-electron chi connectivity index (χ4n) is 1.23. The first-order valence-electron chi connectivity index (χ1n) is 5.38. The largest absolute Gasteiger partial charge is 0.332 e. The van der Waals surface area contributed by atoms with E-state index < -0.39 is 7.37 Å². The fraction of sp³-hybridized carbons (Fsp3) is 0.417. The van der Waals surface area contributed by atoms with Crippen molar-refractivity contribution in [1.82, 2.24) is 0 Å². The maximum atomic E-state index is 12.6. The molecule has 1 aromatic rings. The second-order valence-corrected chi connectivity index (χ2v) is 6.70. The van der Waals surface area contributed by atoms with Crippen molar-refractivity contribution in [3.05, 3.63) is 35.6 Å². The maximum Gasteiger partial charge on any atom is 0.200 e. The first-order valence-corrected chi connectivity index (χ1v) is 7.64. The lowest BCUT2D eigenvalue weighted by Crippen LogP contribution is -1.91. The summed E-state index contributed by atoms with van der Waals surface area (Å²) in [6.45, 7) is 2.13. The van der Waals surface area contributed by atoms with Gasteiger partial charge in [-0.05, 0) is 30.3 Å². The van der Waals surface area contributed by atoms with Gasteiger partial charge in [0.1, 0.15) is 5.82 Å². The van der Waals surface area contributed by atoms with E-state index in [1.54, 1.807) is 25.0 Å². The highest BCUT2D eigenvalue weighted by Gasteiger charge is 2.11. The van der Waals surface area contributed by atoms with Gasteiger partial charge in [0.05, 0.1) is 6.54 Å². The highest BCUT2D eigenvalue weighted by Crippen LogP contribution is 2.41. The maximum absolute atomic E-state index is 12.6. The van der Waals surface area contributed by atoms with Gasteiger partial charge >= 0.3 is 0 Å². The molecule has 0 saturated heterocycles. The minimum atomic E-state index is -2.43. The minimum Gasteiger partial charge on any atom is -0.332 e. The Balaban J connectivity index is 2.31. The first-order chi connectivity index (χ1) is 8.03. The summed E-state index contributed by atoms with van der Waals surface area (Å²) >= 11 is 0. The van der Waals surface area contributed by atoms with Gasteiger partial charge in [0, 0.05) is 19.9 Å². The third kappa shape index (κ3) is 5.76. The minimum absolute atomic E-state index is 0.246. The summed E-state index contributed by atoms with van der Waals surface area (Å²) < 4.78 is 29.0. The zero-order valence-corrected chi connectivity index (χ0v) is 11.0. The number of nitrogens with zero attached hydrogens (tertiary/aromatic N) is 1. The molecule has 0 aromatic heterocycles. The molecular weight excluding hydrogens is 240 g/mol. The van der Waals surface area contributed by atoms with Crippen LogP contribution in [0, 0.1) is 5.82 Å². The molecule has 5 heteroatoms. The van der Waals surface area contributed by atoms with Crippen molar-refractivity contribution in [1.29, 1.82) is 0 Å². The average molecular weight is 257 g/mol. The van der Waals surface area contributed by atoms with Crippen LogP contribution in [0.25, 0.3) is 0 Å². The molecule has 0 heterocycles. The van der Waals surface area contributed by atoms with E-state index in [-0.39, 0.29) is 5.82 Å². The molecule has 0 amide bonds. The Hall–Kier alpha value is -0.990. The lowest BCUT2D eigenvalue weighted by atomic mass is 10.2. The highest BCUT2D eigenvalue weighted by molar-refractivity contribution is 7.58. The molecule has 0 aliphatic carbocycles. The van der Waals surface area contributed by atoms with E-state index in [4.69, 9.17) is 4.52 Å². The van der Waals surface area contributed by atoms with Gasteiger partial charge in [0.2, 0.25) is 0 Å². The van der Waals surface area contributed by atoms with Crippen molar-refractivity contribution in [3.63, 3.8) is 0 Å². The Bertz CT molecular complexity index is 417. The Morgan fingerprint density at radius 2 is 2.06 bits per heavy atom. The van der Waals surface area contributed by atoms with Crippen molar-refractivity contribution >= 4 is 13.6 Å². The highest BCUT2D eigenvalue weighted by atomic mass is 31.2. The van der Waals surface area contributed by atoms with Gasteiger partial charge in [-0.1, -0.05) is 12.1 Å². The first kappa shape index (κ1) is 14.1. The van der Waals surface area contributed by atoms with Gasteiger partial charge < -0.3 is 4.52 Å². The van der Waals surface area contributed by atoms with E-state index in [0.717, 1.165) is 5.56 Å². The summed E-state index contributed by atoms with van der Waals surface area (Å²) in [6.07, 6.45) is 2.86. The summed E-state index contributed by atoms with van der Waals surface area (Å²) in [7, 11) is -0.978. The molecule has 1 atom stereocenters. The molecule has 0 aliphatic rings. The normalized spacial score (nSPS) is 15.0. The van der Waals surface area contributed by atoms with Crippen LogP contribution in [0.1, 0.15) is 12.0 Å². The predicted octanol–water partition coefficient (Wildman–Crippen LogP) is 3.34. The molecule has 1 aromatic carbocycles. The molecule has 0 fully saturated rings. The Morgan fingerprint density at radius 3 is 2.65 bits per heavy atom. The molecule has 94 valence electrons. The van der Waals surface area contributed by atoms with Gasteiger partial charge in [-0.25, -0.2) is 4.39 Å². The molecule has 0 bridgehead atoms. The van der Waals surface area contributed by atoms with Crippen LogP contribution in [0.4, 0.5) is 4.39 Å². The molecule has 3 nitrogen and oxygen atoms in total. The lowest BCUT2D eigenvalue weighted by Gasteiger charge is -2.07. The molecular formula is C12H17FNO2P. The van der Waals surface area contributed by atoms with Gasteiger partial charge in [0.25, 0.3) is 0 Å². The van der Waals surface area contributed by atoms with Gasteiger partial charge in [-0.2, -0.15) is 0 Å². The third-order valence-electron chi connectivity index (χ3n) is 2.37. The van der Waals surface area contributed by atoms with E-state index in [9.17, 15) is 8.96 Å². The van der Waals surface area contributed by atoms with Gasteiger partial charge in [-0.3, -0.25) is 9.56 Å². The molecule has 0 radical (unpaired) electrons. The molecule has 17 heavy (non-hydrogen) atoms. The van der Waals surface area contributed by atoms with Crippen LogP contribution in [-0.4, -0.2) is 26.2 Å². The quantitative estimate of drug-likeness (QED) is 0.579. The standard InChI is InChI=1S/C12H17FNO2P/c1-16-17(2,15)9-3-8-14-10-11-4-6-12(13)7-5-11/h4-8H,3,9-10H2,1-2H3. The summed E-state index contributed by atoms with van der Waals surface area (Å²) in [5.74, 6) is -0.246. The van der Waals surface area contributed by atoms with E-state index in [0.29, 0.717) is 19.1 Å². The molecule has 0 saturated carbocycles. The third-order valence-corrected chi connectivity index (χ3v) is 4.21. The lowest BCUT2D eigenvalue weighted by molar-refractivity contribution is 0.399. The Labute approximate surface area is 101 Å². The van der Waals surface area contributed by atoms with E-state index in [2.05, 4.69) is 4.99 Å². The smallest absolute Gasteiger partial charge is 0.200 e. The zero-order valence-electron chi connectivity index (χ0n) is 10.1. The predicted molar refractivity (Wildman–Crippen MR) is 68.6 cm³/mol. The Kier molecular flexibility index (Phi) is 5.52. The van der Waals surface area contributed by atoms with Gasteiger partial charge in [0.15, 0.2) is 7.37 Å². The summed E-state index contributed by atoms with van der Waals surface area (Å²) in [6, 6.07) is 6.23. The fourth-order valence-corrected chi connectivity index (χ4v) is 2.00. The van der Waals surface area contributed by atoms with Crippen LogP contribution in [0.15, 0.2) is 29.3 Å². The number of hydrogen-bond donors (Lipinski definition) is 0. The van der Waals surface area contributed by atoms with Crippen LogP contribution in [-0.2, 0) is 15.6 Å². The van der Waals surface area contributed by atoms with E-state index in [1.165, 1.54) is 19.2 Å². The number of rotatable bonds is 6. The van der Waals surface area contributed by atoms with Crippen molar-refractivity contribution in [3.8, 4) is 0 Å². The number of hydrogen-bond acceptors (Lipinski definition) is 3. The van der Waals surface area contributed by atoms with Crippen LogP contribution in [0.3, 0.4) is 0 Å². The monoisotopic (exact) mass is 257 g/mol. The van der Waals surface area contributed by atoms with Crippen LogP contribution in [0.5, 0.6) is 0 Å². The summed E-state index contributed by atoms with van der Waals surface area (Å²) in [5.41, 5.74) is 0.953. The van der Waals surface area contributed by atoms with Crippen molar-refractivity contribution in [2.75, 3.05) is 19.9 Å². The zero-order chi connectivity index (χ0) is 12.7. The molecule has 0 aliphatic heterocycles. The number of aliphatic imine (C=N–C) groups is 1. The molecule has 1 unspecified atom stereocenters. The van der Waals surface area contributed by atoms with Crippen molar-refractivity contribution in [2.45, 2.75) is 13.0 Å². The topological polar surface area (TPSA) is 38.7 Å². The SMILES string of the molecule is COP(C)(=O)CCC=NCc1ccc(F)cc1. The summed E-state index contributed by atoms with van der Waals surface area (Å²) in [5, 5.41) is 0. The van der Waals surface area contributed by atoms with Gasteiger partial charge in [-0.15, -0.1) is 0 Å². The van der Waals surface area contributed by atoms with Crippen molar-refractivity contribution in [2.24, 2.45) is 4.99 Å². The molecule has 1 rings (SSSR count). The van der Waals surface area contributed by atoms with Crippen LogP contribution < -0.4 is 0 Å². The molecule has 0 spiro atoms. The average Bonchev–Trinajstić information content (AvgIpc) is 2.31. The Morgan fingerprint density at radius 1 is 1.41 bits per heavy atom. The summed E-state index contributed by atoms with van der Waals surface area (Å²) in [4.78, 5) is 4.18. The number of halogens is 1. The van der Waals surface area contributed by atoms with E-state index in [1.807, 2.05) is 0 Å².